The van der Waals surface area contributed by atoms with Gasteiger partial charge in [-0.1, -0.05) is 6.92 Å². The second-order valence-corrected chi connectivity index (χ2v) is 3.35. The van der Waals surface area contributed by atoms with Crippen molar-refractivity contribution in [1.29, 1.82) is 0 Å². The van der Waals surface area contributed by atoms with E-state index in [1.165, 1.54) is 7.11 Å². The first kappa shape index (κ1) is 14.2. The summed E-state index contributed by atoms with van der Waals surface area (Å²) in [5, 5.41) is 2.77. The minimum absolute atomic E-state index is 0.0252. The Labute approximate surface area is 87.0 Å². The molecule has 0 saturated heterocycles. The predicted molar refractivity (Wildman–Crippen MR) is 49.3 cm³/mol. The zero-order chi connectivity index (χ0) is 11.9. The van der Waals surface area contributed by atoms with Crippen LogP contribution in [0.2, 0.25) is 0 Å². The molecule has 0 amide bonds. The standard InChI is InChI=1S/C9H16F3NO2/c1-7(8(14)15-2)6-13-5-3-4-9(10,11)12/h7,13H,3-6H2,1-2H3. The summed E-state index contributed by atoms with van der Waals surface area (Å²) in [7, 11) is 1.28. The Kier molecular flexibility index (Phi) is 6.31. The van der Waals surface area contributed by atoms with E-state index in [2.05, 4.69) is 10.1 Å². The second kappa shape index (κ2) is 6.66. The first-order valence-corrected chi connectivity index (χ1v) is 4.72. The summed E-state index contributed by atoms with van der Waals surface area (Å²) in [5.41, 5.74) is 0. The van der Waals surface area contributed by atoms with Gasteiger partial charge in [0.1, 0.15) is 0 Å². The molecule has 90 valence electrons. The summed E-state index contributed by atoms with van der Waals surface area (Å²) in [5.74, 6) is -0.695. The number of hydrogen-bond acceptors (Lipinski definition) is 3. The molecule has 0 rings (SSSR count). The third-order valence-corrected chi connectivity index (χ3v) is 1.87. The third-order valence-electron chi connectivity index (χ3n) is 1.87. The summed E-state index contributed by atoms with van der Waals surface area (Å²) >= 11 is 0. The second-order valence-electron chi connectivity index (χ2n) is 3.35. The summed E-state index contributed by atoms with van der Waals surface area (Å²) in [6.45, 7) is 2.24. The number of nitrogens with one attached hydrogen (secondary N) is 1. The van der Waals surface area contributed by atoms with E-state index < -0.39 is 12.6 Å². The molecule has 0 aliphatic heterocycles. The summed E-state index contributed by atoms with van der Waals surface area (Å²) in [6.07, 6.45) is -4.88. The van der Waals surface area contributed by atoms with Gasteiger partial charge in [-0.05, 0) is 13.0 Å². The highest BCUT2D eigenvalue weighted by Gasteiger charge is 2.25. The van der Waals surface area contributed by atoms with Gasteiger partial charge in [0.15, 0.2) is 0 Å². The van der Waals surface area contributed by atoms with E-state index in [-0.39, 0.29) is 24.9 Å². The molecule has 0 spiro atoms. The van der Waals surface area contributed by atoms with Crippen molar-refractivity contribution in [3.63, 3.8) is 0 Å². The van der Waals surface area contributed by atoms with Crippen LogP contribution in [0, 0.1) is 5.92 Å². The van der Waals surface area contributed by atoms with Crippen molar-refractivity contribution < 1.29 is 22.7 Å². The number of carbonyl (C=O) groups excluding carboxylic acids is 1. The van der Waals surface area contributed by atoms with Gasteiger partial charge in [0.2, 0.25) is 0 Å². The Morgan fingerprint density at radius 3 is 2.53 bits per heavy atom. The molecule has 0 radical (unpaired) electrons. The maximum atomic E-state index is 11.7. The first-order valence-electron chi connectivity index (χ1n) is 4.72. The summed E-state index contributed by atoms with van der Waals surface area (Å²) in [4.78, 5) is 10.9. The third kappa shape index (κ3) is 8.23. The molecule has 0 heterocycles. The van der Waals surface area contributed by atoms with Gasteiger partial charge in [-0.2, -0.15) is 13.2 Å². The molecule has 1 N–H and O–H groups in total. The molecule has 6 heteroatoms. The van der Waals surface area contributed by atoms with Gasteiger partial charge < -0.3 is 10.1 Å². The molecule has 3 nitrogen and oxygen atoms in total. The number of rotatable bonds is 6. The van der Waals surface area contributed by atoms with E-state index >= 15 is 0 Å². The van der Waals surface area contributed by atoms with Crippen molar-refractivity contribution in [3.8, 4) is 0 Å². The lowest BCUT2D eigenvalue weighted by molar-refractivity contribution is -0.144. The van der Waals surface area contributed by atoms with Crippen LogP contribution in [0.5, 0.6) is 0 Å². The van der Waals surface area contributed by atoms with E-state index in [4.69, 9.17) is 0 Å². The molecule has 0 saturated carbocycles. The lowest BCUT2D eigenvalue weighted by atomic mass is 10.2. The van der Waals surface area contributed by atoms with E-state index in [0.717, 1.165) is 0 Å². The van der Waals surface area contributed by atoms with E-state index in [1.54, 1.807) is 6.92 Å². The SMILES string of the molecule is COC(=O)C(C)CNCCCC(F)(F)F. The highest BCUT2D eigenvalue weighted by Crippen LogP contribution is 2.20. The molecule has 0 fully saturated rings. The Bertz CT molecular complexity index is 194. The fraction of sp³-hybridized carbons (Fsp3) is 0.889. The average Bonchev–Trinajstić information content (AvgIpc) is 2.14. The van der Waals surface area contributed by atoms with Crippen molar-refractivity contribution in [2.45, 2.75) is 25.9 Å². The molecule has 0 aromatic heterocycles. The largest absolute Gasteiger partial charge is 0.469 e. The Hall–Kier alpha value is -0.780. The van der Waals surface area contributed by atoms with Crippen LogP contribution in [0.1, 0.15) is 19.8 Å². The number of carbonyl (C=O) groups is 1. The molecule has 0 bridgehead atoms. The minimum atomic E-state index is -4.10. The fourth-order valence-electron chi connectivity index (χ4n) is 1.02. The van der Waals surface area contributed by atoms with Crippen LogP contribution < -0.4 is 5.32 Å². The molecule has 0 aromatic rings. The van der Waals surface area contributed by atoms with Crippen LogP contribution in [0.15, 0.2) is 0 Å². The van der Waals surface area contributed by atoms with Gasteiger partial charge in [0.25, 0.3) is 0 Å². The van der Waals surface area contributed by atoms with Gasteiger partial charge in [0, 0.05) is 13.0 Å². The first-order chi connectivity index (χ1) is 6.87. The van der Waals surface area contributed by atoms with Crippen LogP contribution in [0.4, 0.5) is 13.2 Å². The zero-order valence-electron chi connectivity index (χ0n) is 8.86. The molecule has 0 aromatic carbocycles. The Balaban J connectivity index is 3.43. The van der Waals surface area contributed by atoms with E-state index in [1.807, 2.05) is 0 Å². The highest BCUT2D eigenvalue weighted by atomic mass is 19.4. The molecular formula is C9H16F3NO2. The Morgan fingerprint density at radius 1 is 1.47 bits per heavy atom. The Morgan fingerprint density at radius 2 is 2.07 bits per heavy atom. The van der Waals surface area contributed by atoms with Crippen molar-refractivity contribution >= 4 is 5.97 Å². The number of halogens is 3. The molecule has 0 aliphatic rings. The monoisotopic (exact) mass is 227 g/mol. The smallest absolute Gasteiger partial charge is 0.389 e. The summed E-state index contributed by atoms with van der Waals surface area (Å²) in [6, 6.07) is 0. The molecule has 1 atom stereocenters. The van der Waals surface area contributed by atoms with E-state index in [9.17, 15) is 18.0 Å². The van der Waals surface area contributed by atoms with Crippen molar-refractivity contribution in [1.82, 2.24) is 5.32 Å². The van der Waals surface area contributed by atoms with Gasteiger partial charge >= 0.3 is 12.1 Å². The van der Waals surface area contributed by atoms with Crippen LogP contribution in [-0.4, -0.2) is 32.3 Å². The molecule has 0 aliphatic carbocycles. The molecule has 15 heavy (non-hydrogen) atoms. The number of esters is 1. The zero-order valence-corrected chi connectivity index (χ0v) is 8.86. The van der Waals surface area contributed by atoms with Crippen LogP contribution >= 0.6 is 0 Å². The fourth-order valence-corrected chi connectivity index (χ4v) is 1.02. The molecule has 1 unspecified atom stereocenters. The lowest BCUT2D eigenvalue weighted by Gasteiger charge is -2.10. The van der Waals surface area contributed by atoms with Crippen LogP contribution in [0.3, 0.4) is 0 Å². The summed E-state index contributed by atoms with van der Waals surface area (Å²) < 4.78 is 39.6. The normalized spacial score (nSPS) is 13.7. The average molecular weight is 227 g/mol. The van der Waals surface area contributed by atoms with Crippen molar-refractivity contribution in [2.75, 3.05) is 20.2 Å². The number of methoxy groups -OCH3 is 1. The number of alkyl halides is 3. The lowest BCUT2D eigenvalue weighted by Crippen LogP contribution is -2.28. The van der Waals surface area contributed by atoms with Gasteiger partial charge in [-0.3, -0.25) is 4.79 Å². The number of hydrogen-bond donors (Lipinski definition) is 1. The topological polar surface area (TPSA) is 38.3 Å². The maximum absolute atomic E-state index is 11.7. The van der Waals surface area contributed by atoms with Gasteiger partial charge in [-0.25, -0.2) is 0 Å². The van der Waals surface area contributed by atoms with E-state index in [0.29, 0.717) is 6.54 Å². The number of ether oxygens (including phenoxy) is 1. The van der Waals surface area contributed by atoms with Crippen LogP contribution in [-0.2, 0) is 9.53 Å². The van der Waals surface area contributed by atoms with Gasteiger partial charge in [-0.15, -0.1) is 0 Å². The van der Waals surface area contributed by atoms with Crippen LogP contribution in [0.25, 0.3) is 0 Å². The molecular weight excluding hydrogens is 211 g/mol. The van der Waals surface area contributed by atoms with Gasteiger partial charge in [0.05, 0.1) is 13.0 Å². The predicted octanol–water partition coefficient (Wildman–Crippen LogP) is 1.73. The highest BCUT2D eigenvalue weighted by molar-refractivity contribution is 5.71. The minimum Gasteiger partial charge on any atom is -0.469 e. The maximum Gasteiger partial charge on any atom is 0.389 e. The van der Waals surface area contributed by atoms with Crippen molar-refractivity contribution in [2.24, 2.45) is 5.92 Å². The quantitative estimate of drug-likeness (QED) is 0.554. The van der Waals surface area contributed by atoms with Crippen molar-refractivity contribution in [3.05, 3.63) is 0 Å².